The highest BCUT2D eigenvalue weighted by molar-refractivity contribution is 5.88. The smallest absolute Gasteiger partial charge is 0.274 e. The molecule has 2 heterocycles. The second-order valence-corrected chi connectivity index (χ2v) is 5.57. The highest BCUT2D eigenvalue weighted by atomic mass is 16.5. The first-order chi connectivity index (χ1) is 11.5. The summed E-state index contributed by atoms with van der Waals surface area (Å²) in [6, 6.07) is 6.71. The van der Waals surface area contributed by atoms with Crippen molar-refractivity contribution in [2.24, 2.45) is 7.05 Å². The Kier molecular flexibility index (Phi) is 4.11. The van der Waals surface area contributed by atoms with Crippen molar-refractivity contribution in [3.8, 4) is 0 Å². The molecule has 24 heavy (non-hydrogen) atoms. The third-order valence-electron chi connectivity index (χ3n) is 3.65. The molecule has 3 aromatic rings. The van der Waals surface area contributed by atoms with Gasteiger partial charge in [0, 0.05) is 12.4 Å². The third kappa shape index (κ3) is 3.03. The summed E-state index contributed by atoms with van der Waals surface area (Å²) in [5, 5.41) is 11.9. The summed E-state index contributed by atoms with van der Waals surface area (Å²) in [7, 11) is 1.57. The average molecular weight is 327 g/mol. The first-order valence-electron chi connectivity index (χ1n) is 7.50. The van der Waals surface area contributed by atoms with Gasteiger partial charge in [-0.3, -0.25) is 9.59 Å². The Morgan fingerprint density at radius 2 is 2.04 bits per heavy atom. The summed E-state index contributed by atoms with van der Waals surface area (Å²) in [4.78, 5) is 28.5. The monoisotopic (exact) mass is 327 g/mol. The van der Waals surface area contributed by atoms with Crippen LogP contribution in [-0.2, 0) is 18.3 Å². The Morgan fingerprint density at radius 3 is 2.71 bits per heavy atom. The van der Waals surface area contributed by atoms with E-state index in [0.29, 0.717) is 28.2 Å². The quantitative estimate of drug-likeness (QED) is 0.768. The lowest BCUT2D eigenvalue weighted by Gasteiger charge is -2.11. The lowest BCUT2D eigenvalue weighted by Crippen LogP contribution is -2.30. The summed E-state index contributed by atoms with van der Waals surface area (Å²) in [5.74, 6) is 0.616. The van der Waals surface area contributed by atoms with Crippen molar-refractivity contribution in [2.45, 2.75) is 26.3 Å². The molecular formula is C16H17N5O3. The van der Waals surface area contributed by atoms with E-state index in [2.05, 4.69) is 20.6 Å². The van der Waals surface area contributed by atoms with E-state index in [1.54, 1.807) is 39.1 Å². The lowest BCUT2D eigenvalue weighted by molar-refractivity contribution is -0.121. The van der Waals surface area contributed by atoms with Crippen LogP contribution in [0.1, 0.15) is 30.4 Å². The molecule has 0 aliphatic heterocycles. The molecule has 0 spiro atoms. The molecule has 0 saturated carbocycles. The van der Waals surface area contributed by atoms with Gasteiger partial charge in [0.2, 0.25) is 11.8 Å². The molecule has 8 heteroatoms. The molecule has 1 amide bonds. The zero-order valence-corrected chi connectivity index (χ0v) is 13.6. The Morgan fingerprint density at radius 1 is 1.33 bits per heavy atom. The molecule has 0 bridgehead atoms. The summed E-state index contributed by atoms with van der Waals surface area (Å²) in [5.41, 5.74) is 0.351. The Bertz CT molecular complexity index is 960. The van der Waals surface area contributed by atoms with Gasteiger partial charge in [-0.15, -0.1) is 0 Å². The molecule has 124 valence electrons. The van der Waals surface area contributed by atoms with Crippen LogP contribution in [0.2, 0.25) is 0 Å². The Balaban J connectivity index is 1.83. The van der Waals surface area contributed by atoms with Crippen LogP contribution in [0.25, 0.3) is 10.8 Å². The molecule has 0 fully saturated rings. The number of hydrogen-bond acceptors (Lipinski definition) is 6. The molecule has 0 aliphatic rings. The molecule has 0 saturated heterocycles. The van der Waals surface area contributed by atoms with Crippen LogP contribution in [0.15, 0.2) is 33.6 Å². The van der Waals surface area contributed by atoms with Crippen LogP contribution in [0, 0.1) is 6.92 Å². The minimum atomic E-state index is -0.405. The minimum absolute atomic E-state index is 0.0477. The van der Waals surface area contributed by atoms with Gasteiger partial charge in [0.05, 0.1) is 17.5 Å². The Labute approximate surface area is 137 Å². The van der Waals surface area contributed by atoms with Crippen molar-refractivity contribution < 1.29 is 9.32 Å². The zero-order valence-electron chi connectivity index (χ0n) is 13.6. The zero-order chi connectivity index (χ0) is 17.3. The number of hydrogen-bond donors (Lipinski definition) is 1. The predicted octanol–water partition coefficient (Wildman–Crippen LogP) is 1.04. The van der Waals surface area contributed by atoms with Crippen LogP contribution in [0.3, 0.4) is 0 Å². The second-order valence-electron chi connectivity index (χ2n) is 5.57. The normalized spacial score (nSPS) is 12.3. The molecular weight excluding hydrogens is 310 g/mol. The van der Waals surface area contributed by atoms with E-state index < -0.39 is 6.04 Å². The van der Waals surface area contributed by atoms with E-state index in [9.17, 15) is 9.59 Å². The molecule has 0 unspecified atom stereocenters. The van der Waals surface area contributed by atoms with Gasteiger partial charge < -0.3 is 9.84 Å². The van der Waals surface area contributed by atoms with E-state index >= 15 is 0 Å². The van der Waals surface area contributed by atoms with Gasteiger partial charge >= 0.3 is 0 Å². The largest absolute Gasteiger partial charge is 0.344 e. The van der Waals surface area contributed by atoms with Gasteiger partial charge in [-0.1, -0.05) is 23.4 Å². The molecule has 3 rings (SSSR count). The highest BCUT2D eigenvalue weighted by Gasteiger charge is 2.17. The SMILES string of the molecule is Cc1noc([C@H](C)NC(=O)Cc2nn(C)c(=O)c3ccccc23)n1. The first kappa shape index (κ1) is 15.9. The number of benzene rings is 1. The maximum absolute atomic E-state index is 12.3. The summed E-state index contributed by atoms with van der Waals surface area (Å²) < 4.78 is 6.29. The van der Waals surface area contributed by atoms with Crippen molar-refractivity contribution >= 4 is 16.7 Å². The summed E-state index contributed by atoms with van der Waals surface area (Å²) in [6.45, 7) is 3.47. The molecule has 2 aromatic heterocycles. The summed E-state index contributed by atoms with van der Waals surface area (Å²) >= 11 is 0. The van der Waals surface area contributed by atoms with E-state index in [-0.39, 0.29) is 17.9 Å². The maximum atomic E-state index is 12.3. The van der Waals surface area contributed by atoms with Crippen molar-refractivity contribution in [3.05, 3.63) is 52.0 Å². The number of carbonyl (C=O) groups excluding carboxylic acids is 1. The van der Waals surface area contributed by atoms with Crippen molar-refractivity contribution in [1.82, 2.24) is 25.2 Å². The number of amides is 1. The van der Waals surface area contributed by atoms with Crippen LogP contribution >= 0.6 is 0 Å². The number of carbonyl (C=O) groups is 1. The van der Waals surface area contributed by atoms with Crippen molar-refractivity contribution in [3.63, 3.8) is 0 Å². The number of fused-ring (bicyclic) bond motifs is 1. The van der Waals surface area contributed by atoms with Crippen LogP contribution in [0.5, 0.6) is 0 Å². The lowest BCUT2D eigenvalue weighted by atomic mass is 10.1. The molecule has 1 aromatic carbocycles. The van der Waals surface area contributed by atoms with E-state index in [1.165, 1.54) is 4.68 Å². The van der Waals surface area contributed by atoms with E-state index in [0.717, 1.165) is 0 Å². The second kappa shape index (κ2) is 6.23. The van der Waals surface area contributed by atoms with Crippen LogP contribution in [0.4, 0.5) is 0 Å². The number of aromatic nitrogens is 4. The predicted molar refractivity (Wildman–Crippen MR) is 86.3 cm³/mol. The molecule has 8 nitrogen and oxygen atoms in total. The van der Waals surface area contributed by atoms with E-state index in [1.807, 2.05) is 6.07 Å². The molecule has 1 atom stereocenters. The minimum Gasteiger partial charge on any atom is -0.344 e. The topological polar surface area (TPSA) is 103 Å². The molecule has 0 aliphatic carbocycles. The fourth-order valence-electron chi connectivity index (χ4n) is 2.50. The van der Waals surface area contributed by atoms with Gasteiger partial charge in [-0.2, -0.15) is 10.1 Å². The molecule has 0 radical (unpaired) electrons. The van der Waals surface area contributed by atoms with E-state index in [4.69, 9.17) is 4.52 Å². The van der Waals surface area contributed by atoms with Gasteiger partial charge in [0.1, 0.15) is 6.04 Å². The standard InChI is InChI=1S/C16H17N5O3/c1-9(15-18-10(2)20-24-15)17-14(22)8-13-11-6-4-5-7-12(11)16(23)21(3)19-13/h4-7,9H,8H2,1-3H3,(H,17,22)/t9-/m0/s1. The average Bonchev–Trinajstić information content (AvgIpc) is 2.99. The van der Waals surface area contributed by atoms with Crippen molar-refractivity contribution in [1.29, 1.82) is 0 Å². The fraction of sp³-hybridized carbons (Fsp3) is 0.312. The maximum Gasteiger partial charge on any atom is 0.274 e. The number of rotatable bonds is 4. The Hall–Kier alpha value is -3.03. The van der Waals surface area contributed by atoms with Crippen molar-refractivity contribution in [2.75, 3.05) is 0 Å². The number of nitrogens with one attached hydrogen (secondary N) is 1. The summed E-state index contributed by atoms with van der Waals surface area (Å²) in [6.07, 6.45) is 0.0477. The number of nitrogens with zero attached hydrogens (tertiary/aromatic N) is 4. The molecule has 1 N–H and O–H groups in total. The first-order valence-corrected chi connectivity index (χ1v) is 7.50. The van der Waals surface area contributed by atoms with Gasteiger partial charge in [-0.25, -0.2) is 4.68 Å². The van der Waals surface area contributed by atoms with Crippen LogP contribution in [-0.4, -0.2) is 25.8 Å². The fourth-order valence-corrected chi connectivity index (χ4v) is 2.50. The van der Waals surface area contributed by atoms with Gasteiger partial charge in [-0.05, 0) is 19.9 Å². The van der Waals surface area contributed by atoms with Crippen LogP contribution < -0.4 is 10.9 Å². The number of aryl methyl sites for hydroxylation is 2. The van der Waals surface area contributed by atoms with Gasteiger partial charge in [0.15, 0.2) is 5.82 Å². The third-order valence-corrected chi connectivity index (χ3v) is 3.65. The van der Waals surface area contributed by atoms with Gasteiger partial charge in [0.25, 0.3) is 5.56 Å². The highest BCUT2D eigenvalue weighted by Crippen LogP contribution is 2.14.